The molecule has 2 fully saturated rings. The molecule has 1 aliphatic carbocycles. The molecule has 1 aliphatic heterocycles. The number of carboxylic acid groups (broad SMARTS) is 1. The number of rotatable bonds is 3. The third-order valence-corrected chi connectivity index (χ3v) is 5.15. The second kappa shape index (κ2) is 5.65. The third kappa shape index (κ3) is 2.75. The monoisotopic (exact) mass is 361 g/mol. The van der Waals surface area contributed by atoms with E-state index >= 15 is 0 Å². The first-order chi connectivity index (χ1) is 11.2. The Morgan fingerprint density at radius 2 is 2.04 bits per heavy atom. The van der Waals surface area contributed by atoms with Crippen LogP contribution < -0.4 is 0 Å². The molecular weight excluding hydrogens is 347 g/mol. The average Bonchev–Trinajstić information content (AvgIpc) is 3.14. The normalized spacial score (nSPS) is 29.6. The minimum Gasteiger partial charge on any atom is -0.481 e. The summed E-state index contributed by atoms with van der Waals surface area (Å²) in [6, 6.07) is 7.02. The second-order valence-electron chi connectivity index (χ2n) is 6.40. The Balaban J connectivity index is 1.71. The van der Waals surface area contributed by atoms with Gasteiger partial charge in [-0.05, 0) is 36.5 Å². The number of amides is 1. The van der Waals surface area contributed by atoms with Crippen molar-refractivity contribution < 1.29 is 27.9 Å². The predicted molar refractivity (Wildman–Crippen MR) is 79.6 cm³/mol. The lowest BCUT2D eigenvalue weighted by Gasteiger charge is -2.27. The van der Waals surface area contributed by atoms with Crippen molar-refractivity contribution >= 4 is 23.5 Å². The van der Waals surface area contributed by atoms with E-state index in [9.17, 15) is 22.8 Å². The van der Waals surface area contributed by atoms with E-state index in [0.29, 0.717) is 11.4 Å². The van der Waals surface area contributed by atoms with Crippen LogP contribution in [0.2, 0.25) is 5.02 Å². The number of nitrogens with zero attached hydrogens (tertiary/aromatic N) is 1. The van der Waals surface area contributed by atoms with Crippen LogP contribution in [0.1, 0.15) is 24.3 Å². The number of carbonyl (C=O) groups excluding carboxylic acids is 1. The zero-order chi connectivity index (χ0) is 17.7. The lowest BCUT2D eigenvalue weighted by atomic mass is 9.86. The highest BCUT2D eigenvalue weighted by Gasteiger charge is 2.65. The van der Waals surface area contributed by atoms with E-state index in [0.717, 1.165) is 10.5 Å². The van der Waals surface area contributed by atoms with E-state index in [1.54, 1.807) is 18.2 Å². The average molecular weight is 362 g/mol. The maximum atomic E-state index is 13.2. The van der Waals surface area contributed by atoms with Gasteiger partial charge in [0.25, 0.3) is 0 Å². The molecule has 1 saturated heterocycles. The standard InChI is InChI=1S/C16H15ClF3NO3/c17-10-3-1-2-9(6-10)11-7-12(11)13(22)21-5-4-15(8-21,14(23)24)16(18,19)20/h1-3,6,11-12H,4-5,7-8H2,(H,23,24). The Hall–Kier alpha value is -1.76. The van der Waals surface area contributed by atoms with Gasteiger partial charge in [-0.3, -0.25) is 9.59 Å². The fraction of sp³-hybridized carbons (Fsp3) is 0.500. The molecule has 4 nitrogen and oxygen atoms in total. The fourth-order valence-corrected chi connectivity index (χ4v) is 3.53. The summed E-state index contributed by atoms with van der Waals surface area (Å²) in [5.41, 5.74) is -1.98. The molecule has 0 bridgehead atoms. The molecule has 1 heterocycles. The zero-order valence-electron chi connectivity index (χ0n) is 12.5. The molecular formula is C16H15ClF3NO3. The summed E-state index contributed by atoms with van der Waals surface area (Å²) in [4.78, 5) is 24.7. The summed E-state index contributed by atoms with van der Waals surface area (Å²) < 4.78 is 39.5. The van der Waals surface area contributed by atoms with Crippen LogP contribution in [-0.2, 0) is 9.59 Å². The number of benzene rings is 1. The van der Waals surface area contributed by atoms with Crippen LogP contribution in [0.5, 0.6) is 0 Å². The maximum absolute atomic E-state index is 13.2. The lowest BCUT2D eigenvalue weighted by molar-refractivity contribution is -0.227. The topological polar surface area (TPSA) is 57.6 Å². The van der Waals surface area contributed by atoms with E-state index in [1.165, 1.54) is 0 Å². The SMILES string of the molecule is O=C(C1CC1c1cccc(Cl)c1)N1CCC(C(=O)O)(C(F)(F)F)C1. The molecule has 2 aliphatic rings. The summed E-state index contributed by atoms with van der Waals surface area (Å²) in [5.74, 6) is -2.80. The van der Waals surface area contributed by atoms with Gasteiger partial charge in [0, 0.05) is 24.0 Å². The van der Waals surface area contributed by atoms with Gasteiger partial charge in [-0.25, -0.2) is 0 Å². The number of hydrogen-bond acceptors (Lipinski definition) is 2. The van der Waals surface area contributed by atoms with Crippen LogP contribution in [0.3, 0.4) is 0 Å². The quantitative estimate of drug-likeness (QED) is 0.898. The molecule has 8 heteroatoms. The number of likely N-dealkylation sites (tertiary alicyclic amines) is 1. The number of aliphatic carboxylic acids is 1. The molecule has 0 radical (unpaired) electrons. The van der Waals surface area contributed by atoms with E-state index in [1.807, 2.05) is 6.07 Å². The largest absolute Gasteiger partial charge is 0.481 e. The van der Waals surface area contributed by atoms with Crippen LogP contribution in [0.4, 0.5) is 13.2 Å². The molecule has 1 amide bonds. The molecule has 0 spiro atoms. The second-order valence-corrected chi connectivity index (χ2v) is 6.83. The van der Waals surface area contributed by atoms with Crippen molar-refractivity contribution in [3.8, 4) is 0 Å². The van der Waals surface area contributed by atoms with Gasteiger partial charge >= 0.3 is 12.1 Å². The molecule has 1 N–H and O–H groups in total. The smallest absolute Gasteiger partial charge is 0.406 e. The number of carboxylic acids is 1. The predicted octanol–water partition coefficient (Wildman–Crippen LogP) is 3.31. The molecule has 1 saturated carbocycles. The van der Waals surface area contributed by atoms with Crippen molar-refractivity contribution in [2.45, 2.75) is 24.9 Å². The van der Waals surface area contributed by atoms with Crippen molar-refractivity contribution in [2.24, 2.45) is 11.3 Å². The summed E-state index contributed by atoms with van der Waals surface area (Å²) in [6.07, 6.45) is -4.95. The Morgan fingerprint density at radius 3 is 2.58 bits per heavy atom. The molecule has 1 aromatic carbocycles. The first-order valence-corrected chi connectivity index (χ1v) is 7.88. The third-order valence-electron chi connectivity index (χ3n) is 4.92. The number of carbonyl (C=O) groups is 2. The Kier molecular flexibility index (Phi) is 4.02. The van der Waals surface area contributed by atoms with Gasteiger partial charge in [0.2, 0.25) is 5.91 Å². The molecule has 3 atom stereocenters. The molecule has 130 valence electrons. The van der Waals surface area contributed by atoms with Crippen molar-refractivity contribution in [1.82, 2.24) is 4.90 Å². The van der Waals surface area contributed by atoms with Crippen molar-refractivity contribution in [2.75, 3.05) is 13.1 Å². The Bertz CT molecular complexity index is 693. The lowest BCUT2D eigenvalue weighted by Crippen LogP contribution is -2.48. The van der Waals surface area contributed by atoms with E-state index in [4.69, 9.17) is 16.7 Å². The number of halogens is 4. The molecule has 3 unspecified atom stereocenters. The van der Waals surface area contributed by atoms with E-state index in [2.05, 4.69) is 0 Å². The van der Waals surface area contributed by atoms with Gasteiger partial charge in [-0.1, -0.05) is 23.7 Å². The summed E-state index contributed by atoms with van der Waals surface area (Å²) in [7, 11) is 0. The molecule has 3 rings (SSSR count). The Labute approximate surface area is 141 Å². The minimum absolute atomic E-state index is 0.0677. The van der Waals surface area contributed by atoms with Gasteiger partial charge in [0.1, 0.15) is 0 Å². The van der Waals surface area contributed by atoms with Gasteiger partial charge in [0.05, 0.1) is 0 Å². The van der Waals surface area contributed by atoms with Gasteiger partial charge < -0.3 is 10.0 Å². The molecule has 0 aromatic heterocycles. The highest BCUT2D eigenvalue weighted by atomic mass is 35.5. The van der Waals surface area contributed by atoms with Crippen LogP contribution in [0, 0.1) is 11.3 Å². The van der Waals surface area contributed by atoms with Crippen molar-refractivity contribution in [3.63, 3.8) is 0 Å². The number of hydrogen-bond donors (Lipinski definition) is 1. The van der Waals surface area contributed by atoms with Crippen LogP contribution in [-0.4, -0.2) is 41.1 Å². The van der Waals surface area contributed by atoms with Crippen LogP contribution in [0.25, 0.3) is 0 Å². The first kappa shape index (κ1) is 17.1. The van der Waals surface area contributed by atoms with E-state index < -0.39 is 42.4 Å². The van der Waals surface area contributed by atoms with Gasteiger partial charge in [0.15, 0.2) is 5.41 Å². The Morgan fingerprint density at radius 1 is 1.33 bits per heavy atom. The van der Waals surface area contributed by atoms with Gasteiger partial charge in [-0.2, -0.15) is 13.2 Å². The molecule has 1 aromatic rings. The molecule has 24 heavy (non-hydrogen) atoms. The highest BCUT2D eigenvalue weighted by molar-refractivity contribution is 6.30. The van der Waals surface area contributed by atoms with Gasteiger partial charge in [-0.15, -0.1) is 0 Å². The maximum Gasteiger partial charge on any atom is 0.406 e. The summed E-state index contributed by atoms with van der Waals surface area (Å²) in [6.45, 7) is -1.01. The zero-order valence-corrected chi connectivity index (χ0v) is 13.3. The van der Waals surface area contributed by atoms with Crippen LogP contribution >= 0.6 is 11.6 Å². The number of alkyl halides is 3. The minimum atomic E-state index is -4.89. The highest BCUT2D eigenvalue weighted by Crippen LogP contribution is 2.51. The first-order valence-electron chi connectivity index (χ1n) is 7.50. The van der Waals surface area contributed by atoms with Crippen molar-refractivity contribution in [1.29, 1.82) is 0 Å². The van der Waals surface area contributed by atoms with Crippen LogP contribution in [0.15, 0.2) is 24.3 Å². The van der Waals surface area contributed by atoms with Crippen molar-refractivity contribution in [3.05, 3.63) is 34.9 Å². The summed E-state index contributed by atoms with van der Waals surface area (Å²) in [5, 5.41) is 9.58. The fourth-order valence-electron chi connectivity index (χ4n) is 3.33. The van der Waals surface area contributed by atoms with E-state index in [-0.39, 0.29) is 12.5 Å². The summed E-state index contributed by atoms with van der Waals surface area (Å²) >= 11 is 5.91.